The number of benzene rings is 1. The topological polar surface area (TPSA) is 58.4 Å². The van der Waals surface area contributed by atoms with E-state index < -0.39 is 0 Å². The molecule has 0 atom stereocenters. The van der Waals surface area contributed by atoms with E-state index in [0.717, 1.165) is 0 Å². The van der Waals surface area contributed by atoms with Crippen LogP contribution in [-0.4, -0.2) is 24.6 Å². The first-order valence-corrected chi connectivity index (χ1v) is 5.39. The number of carbonyl (C=O) groups excluding carboxylic acids is 1. The molecule has 3 N–H and O–H groups in total. The lowest BCUT2D eigenvalue weighted by Gasteiger charge is -2.20. The molecule has 86 valence electrons. The fourth-order valence-electron chi connectivity index (χ4n) is 1.35. The monoisotopic (exact) mass is 237 g/mol. The zero-order chi connectivity index (χ0) is 12.1. The predicted octanol–water partition coefficient (Wildman–Crippen LogP) is 1.49. The molecular weight excluding hydrogens is 222 g/mol. The number of hydrogen-bond donors (Lipinski definition) is 2. The lowest BCUT2D eigenvalue weighted by Crippen LogP contribution is -2.38. The van der Waals surface area contributed by atoms with Gasteiger partial charge in [0.15, 0.2) is 0 Å². The molecule has 1 aromatic carbocycles. The first-order valence-electron chi connectivity index (χ1n) is 4.98. The van der Waals surface area contributed by atoms with Crippen molar-refractivity contribution in [2.75, 3.05) is 18.5 Å². The van der Waals surface area contributed by atoms with E-state index in [2.05, 4.69) is 5.32 Å². The van der Waals surface area contributed by atoms with Crippen molar-refractivity contribution in [3.05, 3.63) is 29.8 Å². The minimum atomic E-state index is -0.175. The second-order valence-corrected chi connectivity index (χ2v) is 3.72. The number of hydrogen-bond acceptors (Lipinski definition) is 2. The first-order chi connectivity index (χ1) is 7.57. The molecule has 0 spiro atoms. The molecule has 0 heterocycles. The Labute approximate surface area is 100 Å². The molecule has 0 saturated carbocycles. The molecule has 0 saturated heterocycles. The Morgan fingerprint density at radius 1 is 1.50 bits per heavy atom. The smallest absolute Gasteiger partial charge is 0.321 e. The van der Waals surface area contributed by atoms with Crippen LogP contribution in [-0.2, 0) is 0 Å². The third-order valence-electron chi connectivity index (χ3n) is 2.16. The van der Waals surface area contributed by atoms with Crippen LogP contribution in [0.1, 0.15) is 12.5 Å². The SMILES string of the molecule is CCNC(=O)N(C)c1ccccc1C(N)=S. The summed E-state index contributed by atoms with van der Waals surface area (Å²) in [5.74, 6) is 0. The van der Waals surface area contributed by atoms with Crippen molar-refractivity contribution >= 4 is 28.9 Å². The Bertz CT molecular complexity index is 406. The van der Waals surface area contributed by atoms with Crippen LogP contribution in [0.15, 0.2) is 24.3 Å². The van der Waals surface area contributed by atoms with E-state index in [-0.39, 0.29) is 11.0 Å². The van der Waals surface area contributed by atoms with Crippen molar-refractivity contribution < 1.29 is 4.79 Å². The molecule has 5 heteroatoms. The van der Waals surface area contributed by atoms with Crippen LogP contribution >= 0.6 is 12.2 Å². The van der Waals surface area contributed by atoms with Crippen LogP contribution in [0.2, 0.25) is 0 Å². The van der Waals surface area contributed by atoms with Crippen molar-refractivity contribution in [3.63, 3.8) is 0 Å². The summed E-state index contributed by atoms with van der Waals surface area (Å²) in [6.07, 6.45) is 0. The van der Waals surface area contributed by atoms with Gasteiger partial charge in [-0.05, 0) is 19.1 Å². The van der Waals surface area contributed by atoms with Crippen LogP contribution in [0.4, 0.5) is 10.5 Å². The van der Waals surface area contributed by atoms with Crippen LogP contribution in [0.5, 0.6) is 0 Å². The number of nitrogens with zero attached hydrogens (tertiary/aromatic N) is 1. The minimum Gasteiger partial charge on any atom is -0.389 e. The van der Waals surface area contributed by atoms with Crippen molar-refractivity contribution in [3.8, 4) is 0 Å². The molecule has 0 bridgehead atoms. The third kappa shape index (κ3) is 2.70. The molecule has 4 nitrogen and oxygen atoms in total. The van der Waals surface area contributed by atoms with Gasteiger partial charge in [-0.3, -0.25) is 4.90 Å². The number of amides is 2. The summed E-state index contributed by atoms with van der Waals surface area (Å²) in [6.45, 7) is 2.45. The number of urea groups is 1. The quantitative estimate of drug-likeness (QED) is 0.783. The molecule has 0 aliphatic heterocycles. The largest absolute Gasteiger partial charge is 0.389 e. The number of nitrogens with two attached hydrogens (primary N) is 1. The highest BCUT2D eigenvalue weighted by atomic mass is 32.1. The van der Waals surface area contributed by atoms with Crippen LogP contribution in [0, 0.1) is 0 Å². The molecule has 2 amide bonds. The average molecular weight is 237 g/mol. The number of anilines is 1. The number of thiocarbonyl (C=S) groups is 1. The van der Waals surface area contributed by atoms with E-state index in [9.17, 15) is 4.79 Å². The van der Waals surface area contributed by atoms with Gasteiger partial charge in [0.25, 0.3) is 0 Å². The van der Waals surface area contributed by atoms with Gasteiger partial charge in [-0.1, -0.05) is 24.4 Å². The van der Waals surface area contributed by atoms with Crippen LogP contribution in [0.3, 0.4) is 0 Å². The van der Waals surface area contributed by atoms with Gasteiger partial charge in [0.2, 0.25) is 0 Å². The van der Waals surface area contributed by atoms with E-state index in [4.69, 9.17) is 18.0 Å². The van der Waals surface area contributed by atoms with Gasteiger partial charge in [0.05, 0.1) is 5.69 Å². The molecule has 0 aromatic heterocycles. The van der Waals surface area contributed by atoms with Gasteiger partial charge >= 0.3 is 6.03 Å². The third-order valence-corrected chi connectivity index (χ3v) is 2.38. The summed E-state index contributed by atoms with van der Waals surface area (Å²) in [6, 6.07) is 7.11. The Morgan fingerprint density at radius 3 is 2.69 bits per heavy atom. The molecule has 1 rings (SSSR count). The van der Waals surface area contributed by atoms with Crippen LogP contribution < -0.4 is 16.0 Å². The fourth-order valence-corrected chi connectivity index (χ4v) is 1.53. The van der Waals surface area contributed by atoms with Crippen molar-refractivity contribution in [1.29, 1.82) is 0 Å². The summed E-state index contributed by atoms with van der Waals surface area (Å²) < 4.78 is 0. The predicted molar refractivity (Wildman–Crippen MR) is 69.8 cm³/mol. The lowest BCUT2D eigenvalue weighted by molar-refractivity contribution is 0.248. The second kappa shape index (κ2) is 5.46. The highest BCUT2D eigenvalue weighted by Crippen LogP contribution is 2.18. The maximum absolute atomic E-state index is 11.6. The Hall–Kier alpha value is -1.62. The molecular formula is C11H15N3OS. The number of carbonyl (C=O) groups is 1. The van der Waals surface area contributed by atoms with Gasteiger partial charge in [-0.25, -0.2) is 4.79 Å². The summed E-state index contributed by atoms with van der Waals surface area (Å²) >= 11 is 4.94. The normalized spacial score (nSPS) is 9.62. The number of rotatable bonds is 3. The first kappa shape index (κ1) is 12.4. The summed E-state index contributed by atoms with van der Waals surface area (Å²) in [5, 5.41) is 2.71. The zero-order valence-corrected chi connectivity index (χ0v) is 10.2. The van der Waals surface area contributed by atoms with E-state index in [1.165, 1.54) is 4.90 Å². The maximum atomic E-state index is 11.6. The lowest BCUT2D eigenvalue weighted by atomic mass is 10.1. The molecule has 0 aliphatic rings. The standard InChI is InChI=1S/C11H15N3OS/c1-3-13-11(15)14(2)9-7-5-4-6-8(9)10(12)16/h4-7H,3H2,1-2H3,(H2,12,16)(H,13,15). The van der Waals surface area contributed by atoms with Gasteiger partial charge in [-0.15, -0.1) is 0 Å². The highest BCUT2D eigenvalue weighted by molar-refractivity contribution is 7.80. The molecule has 0 fully saturated rings. The van der Waals surface area contributed by atoms with Gasteiger partial charge < -0.3 is 11.1 Å². The number of nitrogens with one attached hydrogen (secondary N) is 1. The summed E-state index contributed by atoms with van der Waals surface area (Å²) in [5.41, 5.74) is 7.01. The Morgan fingerprint density at radius 2 is 2.12 bits per heavy atom. The molecule has 16 heavy (non-hydrogen) atoms. The average Bonchev–Trinajstić information content (AvgIpc) is 2.28. The Balaban J connectivity index is 3.03. The van der Waals surface area contributed by atoms with E-state index >= 15 is 0 Å². The minimum absolute atomic E-state index is 0.175. The molecule has 0 unspecified atom stereocenters. The molecule has 0 aliphatic carbocycles. The van der Waals surface area contributed by atoms with E-state index in [1.807, 2.05) is 25.1 Å². The maximum Gasteiger partial charge on any atom is 0.321 e. The van der Waals surface area contributed by atoms with Crippen molar-refractivity contribution in [2.45, 2.75) is 6.92 Å². The molecule has 0 radical (unpaired) electrons. The highest BCUT2D eigenvalue weighted by Gasteiger charge is 2.14. The Kier molecular flexibility index (Phi) is 4.25. The zero-order valence-electron chi connectivity index (χ0n) is 9.36. The summed E-state index contributed by atoms with van der Waals surface area (Å²) in [7, 11) is 1.68. The van der Waals surface area contributed by atoms with Crippen LogP contribution in [0.25, 0.3) is 0 Å². The summed E-state index contributed by atoms with van der Waals surface area (Å²) in [4.78, 5) is 13.4. The van der Waals surface area contributed by atoms with Gasteiger partial charge in [-0.2, -0.15) is 0 Å². The van der Waals surface area contributed by atoms with E-state index in [1.54, 1.807) is 13.1 Å². The second-order valence-electron chi connectivity index (χ2n) is 3.28. The number of para-hydroxylation sites is 1. The fraction of sp³-hybridized carbons (Fsp3) is 0.273. The van der Waals surface area contributed by atoms with Gasteiger partial charge in [0, 0.05) is 19.2 Å². The van der Waals surface area contributed by atoms with Crippen molar-refractivity contribution in [1.82, 2.24) is 5.32 Å². The van der Waals surface area contributed by atoms with E-state index in [0.29, 0.717) is 17.8 Å². The van der Waals surface area contributed by atoms with Crippen molar-refractivity contribution in [2.24, 2.45) is 5.73 Å². The molecule has 1 aromatic rings. The van der Waals surface area contributed by atoms with Gasteiger partial charge in [0.1, 0.15) is 4.99 Å².